The van der Waals surface area contributed by atoms with Crippen molar-refractivity contribution in [3.63, 3.8) is 0 Å². The minimum Gasteiger partial charge on any atom is -0.369 e. The van der Waals surface area contributed by atoms with Crippen molar-refractivity contribution in [2.24, 2.45) is 11.7 Å². The third-order valence-corrected chi connectivity index (χ3v) is 9.02. The van der Waals surface area contributed by atoms with Crippen LogP contribution in [0.3, 0.4) is 0 Å². The van der Waals surface area contributed by atoms with Crippen LogP contribution in [0.1, 0.15) is 53.7 Å². The molecule has 1 saturated carbocycles. The Hall–Kier alpha value is -2.51. The molecule has 0 spiro atoms. The number of carbonyl (C=O) groups is 1. The van der Waals surface area contributed by atoms with Gasteiger partial charge in [0.05, 0.1) is 21.6 Å². The SMILES string of the molecule is NC(=O)C(c1ccc(S(=O)(=O)CCc2ccccc2)cc1)C(c1nccs1)C1CCCC1. The van der Waals surface area contributed by atoms with Crippen molar-refractivity contribution in [2.75, 3.05) is 5.75 Å². The molecule has 2 atom stereocenters. The molecule has 3 aromatic rings. The molecule has 0 radical (unpaired) electrons. The number of benzene rings is 2. The summed E-state index contributed by atoms with van der Waals surface area (Å²) in [5, 5.41) is 2.86. The zero-order chi connectivity index (χ0) is 22.6. The van der Waals surface area contributed by atoms with E-state index in [0.29, 0.717) is 12.3 Å². The van der Waals surface area contributed by atoms with Crippen molar-refractivity contribution in [1.82, 2.24) is 4.98 Å². The van der Waals surface area contributed by atoms with E-state index in [1.165, 1.54) is 0 Å². The van der Waals surface area contributed by atoms with E-state index < -0.39 is 21.7 Å². The fourth-order valence-electron chi connectivity index (χ4n) is 4.78. The topological polar surface area (TPSA) is 90.1 Å². The number of amides is 1. The molecular weight excluding hydrogens is 440 g/mol. The summed E-state index contributed by atoms with van der Waals surface area (Å²) in [5.74, 6) is -0.593. The van der Waals surface area contributed by atoms with Crippen LogP contribution < -0.4 is 5.73 Å². The van der Waals surface area contributed by atoms with E-state index in [-0.39, 0.29) is 16.6 Å². The predicted molar refractivity (Wildman–Crippen MR) is 127 cm³/mol. The maximum atomic E-state index is 12.9. The molecule has 1 aliphatic carbocycles. The lowest BCUT2D eigenvalue weighted by Gasteiger charge is -2.28. The zero-order valence-electron chi connectivity index (χ0n) is 17.9. The molecule has 2 N–H and O–H groups in total. The van der Waals surface area contributed by atoms with Gasteiger partial charge in [0, 0.05) is 17.5 Å². The van der Waals surface area contributed by atoms with Crippen LogP contribution in [-0.4, -0.2) is 25.1 Å². The van der Waals surface area contributed by atoms with Crippen LogP contribution in [0.2, 0.25) is 0 Å². The molecule has 4 rings (SSSR count). The summed E-state index contributed by atoms with van der Waals surface area (Å²) >= 11 is 1.56. The minimum absolute atomic E-state index is 0.0411. The number of nitrogens with two attached hydrogens (primary N) is 1. The Kier molecular flexibility index (Phi) is 7.06. The van der Waals surface area contributed by atoms with Crippen LogP contribution in [0.25, 0.3) is 0 Å². The number of rotatable bonds is 9. The maximum Gasteiger partial charge on any atom is 0.225 e. The van der Waals surface area contributed by atoms with Gasteiger partial charge in [-0.05, 0) is 48.4 Å². The molecule has 2 aromatic carbocycles. The molecule has 0 saturated heterocycles. The summed E-state index contributed by atoms with van der Waals surface area (Å²) in [5.41, 5.74) is 7.65. The number of aromatic nitrogens is 1. The fraction of sp³-hybridized carbons (Fsp3) is 0.360. The Bertz CT molecular complexity index is 1120. The van der Waals surface area contributed by atoms with Crippen molar-refractivity contribution in [1.29, 1.82) is 0 Å². The lowest BCUT2D eigenvalue weighted by Crippen LogP contribution is -2.30. The van der Waals surface area contributed by atoms with Gasteiger partial charge < -0.3 is 5.73 Å². The zero-order valence-corrected chi connectivity index (χ0v) is 19.5. The van der Waals surface area contributed by atoms with Crippen molar-refractivity contribution >= 4 is 27.1 Å². The molecule has 1 aromatic heterocycles. The normalized spacial score (nSPS) is 16.6. The number of carbonyl (C=O) groups excluding carboxylic acids is 1. The van der Waals surface area contributed by atoms with Gasteiger partial charge in [-0.15, -0.1) is 11.3 Å². The fourth-order valence-corrected chi connectivity index (χ4v) is 6.94. The Balaban J connectivity index is 1.58. The van der Waals surface area contributed by atoms with Gasteiger partial charge in [0.15, 0.2) is 9.84 Å². The summed E-state index contributed by atoms with van der Waals surface area (Å²) in [7, 11) is -3.43. The average Bonchev–Trinajstić information content (AvgIpc) is 3.51. The third-order valence-electron chi connectivity index (χ3n) is 6.41. The highest BCUT2D eigenvalue weighted by molar-refractivity contribution is 7.91. The summed E-state index contributed by atoms with van der Waals surface area (Å²) in [6, 6.07) is 16.3. The molecule has 1 heterocycles. The molecule has 1 fully saturated rings. The van der Waals surface area contributed by atoms with Crippen LogP contribution in [0, 0.1) is 5.92 Å². The second-order valence-corrected chi connectivity index (χ2v) is 11.5. The van der Waals surface area contributed by atoms with Crippen molar-refractivity contribution in [2.45, 2.75) is 48.8 Å². The van der Waals surface area contributed by atoms with E-state index in [0.717, 1.165) is 41.8 Å². The minimum atomic E-state index is -3.43. The second kappa shape index (κ2) is 9.96. The number of sulfone groups is 1. The Labute approximate surface area is 193 Å². The number of thiazole rings is 1. The standard InChI is InChI=1S/C25H28N2O3S2/c26-24(28)22(23(19-8-4-5-9-19)25-27-15-16-31-25)20-10-12-21(13-11-20)32(29,30)17-14-18-6-2-1-3-7-18/h1-3,6-7,10-13,15-16,19,22-23H,4-5,8-9,14,17H2,(H2,26,28). The number of aryl methyl sites for hydroxylation is 1. The summed E-state index contributed by atoms with van der Waals surface area (Å²) in [6.45, 7) is 0. The quantitative estimate of drug-likeness (QED) is 0.493. The van der Waals surface area contributed by atoms with E-state index in [4.69, 9.17) is 5.73 Å². The van der Waals surface area contributed by atoms with Crippen LogP contribution in [0.4, 0.5) is 0 Å². The van der Waals surface area contributed by atoms with Gasteiger partial charge in [-0.3, -0.25) is 4.79 Å². The molecule has 168 valence electrons. The Morgan fingerprint density at radius 1 is 1.06 bits per heavy atom. The molecule has 32 heavy (non-hydrogen) atoms. The van der Waals surface area contributed by atoms with Gasteiger partial charge in [-0.25, -0.2) is 13.4 Å². The second-order valence-electron chi connectivity index (χ2n) is 8.44. The molecular formula is C25H28N2O3S2. The number of hydrogen-bond donors (Lipinski definition) is 1. The molecule has 1 aliphatic rings. The first-order chi connectivity index (χ1) is 15.5. The van der Waals surface area contributed by atoms with E-state index in [9.17, 15) is 13.2 Å². The van der Waals surface area contributed by atoms with Gasteiger partial charge in [-0.1, -0.05) is 55.3 Å². The largest absolute Gasteiger partial charge is 0.369 e. The number of nitrogens with zero attached hydrogens (tertiary/aromatic N) is 1. The van der Waals surface area contributed by atoms with Crippen molar-refractivity contribution in [3.8, 4) is 0 Å². The highest BCUT2D eigenvalue weighted by Crippen LogP contribution is 2.46. The van der Waals surface area contributed by atoms with Gasteiger partial charge >= 0.3 is 0 Å². The first kappa shape index (κ1) is 22.7. The van der Waals surface area contributed by atoms with Crippen LogP contribution in [-0.2, 0) is 21.1 Å². The van der Waals surface area contributed by atoms with Crippen molar-refractivity contribution in [3.05, 3.63) is 82.3 Å². The van der Waals surface area contributed by atoms with Gasteiger partial charge in [0.1, 0.15) is 0 Å². The molecule has 0 bridgehead atoms. The third kappa shape index (κ3) is 5.10. The average molecular weight is 469 g/mol. The van der Waals surface area contributed by atoms with E-state index >= 15 is 0 Å². The van der Waals surface area contributed by atoms with Gasteiger partial charge in [-0.2, -0.15) is 0 Å². The van der Waals surface area contributed by atoms with Crippen LogP contribution in [0.15, 0.2) is 71.1 Å². The van der Waals surface area contributed by atoms with E-state index in [1.54, 1.807) is 41.8 Å². The summed E-state index contributed by atoms with van der Waals surface area (Å²) in [4.78, 5) is 17.4. The Morgan fingerprint density at radius 3 is 2.34 bits per heavy atom. The predicted octanol–water partition coefficient (Wildman–Crippen LogP) is 4.70. The van der Waals surface area contributed by atoms with E-state index in [1.807, 2.05) is 35.7 Å². The van der Waals surface area contributed by atoms with Crippen molar-refractivity contribution < 1.29 is 13.2 Å². The van der Waals surface area contributed by atoms with E-state index in [2.05, 4.69) is 4.98 Å². The lowest BCUT2D eigenvalue weighted by atomic mass is 9.77. The Morgan fingerprint density at radius 2 is 1.75 bits per heavy atom. The molecule has 5 nitrogen and oxygen atoms in total. The van der Waals surface area contributed by atoms with Crippen LogP contribution in [0.5, 0.6) is 0 Å². The first-order valence-electron chi connectivity index (χ1n) is 11.0. The number of hydrogen-bond acceptors (Lipinski definition) is 5. The van der Waals surface area contributed by atoms with Gasteiger partial charge in [0.25, 0.3) is 0 Å². The smallest absolute Gasteiger partial charge is 0.225 e. The highest BCUT2D eigenvalue weighted by Gasteiger charge is 2.38. The number of primary amides is 1. The molecule has 0 aliphatic heterocycles. The first-order valence-corrected chi connectivity index (χ1v) is 13.5. The summed E-state index contributed by atoms with van der Waals surface area (Å²) < 4.78 is 25.7. The summed E-state index contributed by atoms with van der Waals surface area (Å²) in [6.07, 6.45) is 6.64. The molecule has 7 heteroatoms. The monoisotopic (exact) mass is 468 g/mol. The van der Waals surface area contributed by atoms with Gasteiger partial charge in [0.2, 0.25) is 5.91 Å². The lowest BCUT2D eigenvalue weighted by molar-refractivity contribution is -0.120. The maximum absolute atomic E-state index is 12.9. The van der Waals surface area contributed by atoms with Crippen LogP contribution >= 0.6 is 11.3 Å². The molecule has 2 unspecified atom stereocenters. The highest BCUT2D eigenvalue weighted by atomic mass is 32.2. The molecule has 1 amide bonds.